The molecular formula is C27H21N5O. The van der Waals surface area contributed by atoms with E-state index in [1.165, 1.54) is 0 Å². The molecule has 2 N–H and O–H groups in total. The van der Waals surface area contributed by atoms with E-state index in [4.69, 9.17) is 4.98 Å². The molecule has 5 aromatic rings. The Balaban J connectivity index is 1.44. The zero-order valence-electron chi connectivity index (χ0n) is 18.0. The second-order valence-electron chi connectivity index (χ2n) is 8.28. The van der Waals surface area contributed by atoms with Crippen LogP contribution in [-0.4, -0.2) is 25.8 Å². The highest BCUT2D eigenvalue weighted by Gasteiger charge is 2.33. The third-order valence-corrected chi connectivity index (χ3v) is 6.35. The second-order valence-corrected chi connectivity index (χ2v) is 8.28. The number of amides is 1. The predicted octanol–water partition coefficient (Wildman–Crippen LogP) is 5.01. The Morgan fingerprint density at radius 3 is 2.58 bits per heavy atom. The van der Waals surface area contributed by atoms with Gasteiger partial charge >= 0.3 is 0 Å². The van der Waals surface area contributed by atoms with Crippen LogP contribution in [0.1, 0.15) is 35.6 Å². The summed E-state index contributed by atoms with van der Waals surface area (Å²) in [6, 6.07) is 19.9. The Morgan fingerprint density at radius 1 is 0.909 bits per heavy atom. The third kappa shape index (κ3) is 3.19. The minimum atomic E-state index is -0.305. The standard InChI is InChI=1S/C27H21N5O/c1-16(17-6-5-12-28-14-17)27(33)32-25-19-8-3-2-7-18(19)24-20(25)9-4-10-21(24)26-30-22-11-13-29-15-23(22)31-26/h2-16,25H,1H3,(H,30,31)(H,32,33). The first kappa shape index (κ1) is 19.4. The first-order valence-corrected chi connectivity index (χ1v) is 10.9. The highest BCUT2D eigenvalue weighted by molar-refractivity contribution is 5.93. The molecule has 3 aromatic heterocycles. The molecule has 0 aliphatic heterocycles. The van der Waals surface area contributed by atoms with Gasteiger partial charge in [0, 0.05) is 24.2 Å². The van der Waals surface area contributed by atoms with E-state index in [0.29, 0.717) is 0 Å². The van der Waals surface area contributed by atoms with Crippen molar-refractivity contribution in [1.82, 2.24) is 25.3 Å². The summed E-state index contributed by atoms with van der Waals surface area (Å²) in [7, 11) is 0. The van der Waals surface area contributed by atoms with Crippen molar-refractivity contribution < 1.29 is 4.79 Å². The fourth-order valence-corrected chi connectivity index (χ4v) is 4.64. The van der Waals surface area contributed by atoms with Gasteiger partial charge in [-0.1, -0.05) is 48.5 Å². The number of hydrogen-bond donors (Lipinski definition) is 2. The molecule has 0 spiro atoms. The maximum Gasteiger partial charge on any atom is 0.228 e. The van der Waals surface area contributed by atoms with Crippen LogP contribution in [-0.2, 0) is 4.79 Å². The molecule has 33 heavy (non-hydrogen) atoms. The van der Waals surface area contributed by atoms with Crippen LogP contribution in [0.15, 0.2) is 85.5 Å². The second kappa shape index (κ2) is 7.67. The number of rotatable bonds is 4. The van der Waals surface area contributed by atoms with Crippen molar-refractivity contribution in [2.24, 2.45) is 0 Å². The number of hydrogen-bond acceptors (Lipinski definition) is 4. The Kier molecular flexibility index (Phi) is 4.50. The fraction of sp³-hybridized carbons (Fsp3) is 0.111. The van der Waals surface area contributed by atoms with E-state index in [0.717, 1.165) is 50.2 Å². The largest absolute Gasteiger partial charge is 0.345 e. The quantitative estimate of drug-likeness (QED) is 0.419. The van der Waals surface area contributed by atoms with Gasteiger partial charge in [0.05, 0.1) is 29.2 Å². The van der Waals surface area contributed by atoms with E-state index in [-0.39, 0.29) is 17.9 Å². The van der Waals surface area contributed by atoms with Crippen LogP contribution >= 0.6 is 0 Å². The normalized spacial score (nSPS) is 15.1. The molecule has 2 unspecified atom stereocenters. The molecule has 2 aromatic carbocycles. The first-order valence-electron chi connectivity index (χ1n) is 10.9. The molecule has 0 saturated carbocycles. The highest BCUT2D eigenvalue weighted by atomic mass is 16.1. The van der Waals surface area contributed by atoms with Crippen molar-refractivity contribution in [3.8, 4) is 22.5 Å². The zero-order valence-corrected chi connectivity index (χ0v) is 18.0. The van der Waals surface area contributed by atoms with Gasteiger partial charge in [0.25, 0.3) is 0 Å². The Hall–Kier alpha value is -4.32. The lowest BCUT2D eigenvalue weighted by Crippen LogP contribution is -2.31. The van der Waals surface area contributed by atoms with Crippen molar-refractivity contribution in [3.63, 3.8) is 0 Å². The number of fused-ring (bicyclic) bond motifs is 4. The summed E-state index contributed by atoms with van der Waals surface area (Å²) < 4.78 is 0. The van der Waals surface area contributed by atoms with Crippen molar-refractivity contribution in [1.29, 1.82) is 0 Å². The topological polar surface area (TPSA) is 83.6 Å². The number of nitrogens with zero attached hydrogens (tertiary/aromatic N) is 3. The fourth-order valence-electron chi connectivity index (χ4n) is 4.64. The number of nitrogens with one attached hydrogen (secondary N) is 2. The van der Waals surface area contributed by atoms with Crippen LogP contribution in [0.3, 0.4) is 0 Å². The van der Waals surface area contributed by atoms with E-state index in [9.17, 15) is 4.79 Å². The van der Waals surface area contributed by atoms with Crippen LogP contribution in [0.25, 0.3) is 33.5 Å². The van der Waals surface area contributed by atoms with Crippen molar-refractivity contribution in [2.75, 3.05) is 0 Å². The number of aromatic amines is 1. The van der Waals surface area contributed by atoms with Crippen molar-refractivity contribution in [3.05, 3.63) is 102 Å². The van der Waals surface area contributed by atoms with E-state index in [2.05, 4.69) is 44.5 Å². The van der Waals surface area contributed by atoms with Gasteiger partial charge in [-0.15, -0.1) is 0 Å². The Bertz CT molecular complexity index is 1460. The third-order valence-electron chi connectivity index (χ3n) is 6.35. The van der Waals surface area contributed by atoms with Crippen LogP contribution in [0.5, 0.6) is 0 Å². The lowest BCUT2D eigenvalue weighted by Gasteiger charge is -2.19. The van der Waals surface area contributed by atoms with Gasteiger partial charge in [-0.3, -0.25) is 14.8 Å². The van der Waals surface area contributed by atoms with Crippen molar-refractivity contribution >= 4 is 16.9 Å². The Morgan fingerprint density at radius 2 is 1.73 bits per heavy atom. The molecule has 6 rings (SSSR count). The molecule has 0 bridgehead atoms. The smallest absolute Gasteiger partial charge is 0.228 e. The van der Waals surface area contributed by atoms with Gasteiger partial charge in [0.1, 0.15) is 5.82 Å². The summed E-state index contributed by atoms with van der Waals surface area (Å²) in [4.78, 5) is 29.8. The molecule has 160 valence electrons. The van der Waals surface area contributed by atoms with Crippen molar-refractivity contribution in [2.45, 2.75) is 18.9 Å². The summed E-state index contributed by atoms with van der Waals surface area (Å²) >= 11 is 0. The van der Waals surface area contributed by atoms with E-state index < -0.39 is 0 Å². The van der Waals surface area contributed by atoms with E-state index in [1.54, 1.807) is 24.8 Å². The molecule has 6 nitrogen and oxygen atoms in total. The minimum absolute atomic E-state index is 0.0316. The van der Waals surface area contributed by atoms with E-state index in [1.807, 2.05) is 43.3 Å². The minimum Gasteiger partial charge on any atom is -0.345 e. The van der Waals surface area contributed by atoms with Gasteiger partial charge in [0.2, 0.25) is 5.91 Å². The monoisotopic (exact) mass is 431 g/mol. The molecule has 6 heteroatoms. The molecule has 1 aliphatic rings. The summed E-state index contributed by atoms with van der Waals surface area (Å²) in [6.07, 6.45) is 6.99. The van der Waals surface area contributed by atoms with Gasteiger partial charge in [-0.05, 0) is 46.9 Å². The average Bonchev–Trinajstić information content (AvgIpc) is 3.44. The first-order chi connectivity index (χ1) is 16.2. The molecule has 3 heterocycles. The number of H-pyrrole nitrogens is 1. The van der Waals surface area contributed by atoms with Gasteiger partial charge in [0.15, 0.2) is 0 Å². The van der Waals surface area contributed by atoms with Crippen LogP contribution in [0, 0.1) is 0 Å². The summed E-state index contributed by atoms with van der Waals surface area (Å²) in [5.74, 6) is 0.456. The molecule has 0 fully saturated rings. The number of imidazole rings is 1. The lowest BCUT2D eigenvalue weighted by atomic mass is 9.98. The van der Waals surface area contributed by atoms with Gasteiger partial charge < -0.3 is 10.3 Å². The summed E-state index contributed by atoms with van der Waals surface area (Å²) in [5, 5.41) is 3.29. The maximum atomic E-state index is 13.2. The molecule has 1 amide bonds. The van der Waals surface area contributed by atoms with Gasteiger partial charge in [-0.25, -0.2) is 4.98 Å². The number of carbonyl (C=O) groups excluding carboxylic acids is 1. The molecule has 1 aliphatic carbocycles. The Labute approximate surface area is 190 Å². The number of aromatic nitrogens is 4. The summed E-state index contributed by atoms with van der Waals surface area (Å²) in [6.45, 7) is 1.91. The van der Waals surface area contributed by atoms with Crippen LogP contribution in [0.2, 0.25) is 0 Å². The maximum absolute atomic E-state index is 13.2. The van der Waals surface area contributed by atoms with Crippen LogP contribution in [0.4, 0.5) is 0 Å². The highest BCUT2D eigenvalue weighted by Crippen LogP contribution is 2.47. The number of carbonyl (C=O) groups is 1. The predicted molar refractivity (Wildman–Crippen MR) is 127 cm³/mol. The van der Waals surface area contributed by atoms with Crippen LogP contribution < -0.4 is 5.32 Å². The number of benzene rings is 2. The molecule has 0 saturated heterocycles. The molecule has 2 atom stereocenters. The summed E-state index contributed by atoms with van der Waals surface area (Å²) in [5.41, 5.74) is 8.04. The SMILES string of the molecule is CC(C(=O)NC1c2ccccc2-c2c(-c3nc4ccncc4[nH]3)cccc21)c1cccnc1. The van der Waals surface area contributed by atoms with Gasteiger partial charge in [-0.2, -0.15) is 0 Å². The average molecular weight is 431 g/mol. The molecule has 0 radical (unpaired) electrons. The lowest BCUT2D eigenvalue weighted by molar-refractivity contribution is -0.122. The number of pyridine rings is 2. The van der Waals surface area contributed by atoms with E-state index >= 15 is 0 Å². The zero-order chi connectivity index (χ0) is 22.4. The molecular weight excluding hydrogens is 410 g/mol.